The predicted octanol–water partition coefficient (Wildman–Crippen LogP) is 5.16. The van der Waals surface area contributed by atoms with Gasteiger partial charge in [0.15, 0.2) is 0 Å². The summed E-state index contributed by atoms with van der Waals surface area (Å²) in [7, 11) is 0. The highest BCUT2D eigenvalue weighted by Crippen LogP contribution is 2.35. The van der Waals surface area contributed by atoms with Crippen LogP contribution >= 0.6 is 11.6 Å². The summed E-state index contributed by atoms with van der Waals surface area (Å²) in [5.41, 5.74) is 0. The lowest BCUT2D eigenvalue weighted by molar-refractivity contribution is 0.295. The lowest BCUT2D eigenvalue weighted by Gasteiger charge is -2.28. The Morgan fingerprint density at radius 3 is 2.29 bits per heavy atom. The maximum atomic E-state index is 6.48. The van der Waals surface area contributed by atoms with E-state index in [-0.39, 0.29) is 4.87 Å². The van der Waals surface area contributed by atoms with Crippen molar-refractivity contribution in [2.75, 3.05) is 6.61 Å². The van der Waals surface area contributed by atoms with Gasteiger partial charge in [0.05, 0.1) is 12.7 Å². The molecule has 2 heteroatoms. The molecule has 0 aromatic heterocycles. The number of alkyl halides is 1. The van der Waals surface area contributed by atoms with E-state index in [1.807, 2.05) is 0 Å². The first-order valence-electron chi connectivity index (χ1n) is 7.34. The van der Waals surface area contributed by atoms with Crippen LogP contribution in [0.1, 0.15) is 72.1 Å². The van der Waals surface area contributed by atoms with Crippen LogP contribution in [0.5, 0.6) is 0 Å². The SMILES string of the molecule is CCCCCCCCC(CC1CO1)C(C)(C)Cl. The molecule has 102 valence electrons. The van der Waals surface area contributed by atoms with Crippen molar-refractivity contribution in [3.8, 4) is 0 Å². The van der Waals surface area contributed by atoms with Crippen molar-refractivity contribution in [1.29, 1.82) is 0 Å². The average molecular weight is 261 g/mol. The van der Waals surface area contributed by atoms with Gasteiger partial charge in [0.2, 0.25) is 0 Å². The van der Waals surface area contributed by atoms with Crippen LogP contribution in [0, 0.1) is 5.92 Å². The molecular weight excluding hydrogens is 232 g/mol. The zero-order valence-corrected chi connectivity index (χ0v) is 12.6. The topological polar surface area (TPSA) is 12.5 Å². The number of unbranched alkanes of at least 4 members (excludes halogenated alkanes) is 5. The van der Waals surface area contributed by atoms with Crippen molar-refractivity contribution in [2.45, 2.75) is 83.1 Å². The first kappa shape index (κ1) is 15.3. The quantitative estimate of drug-likeness (QED) is 0.300. The Hall–Kier alpha value is 0.250. The molecule has 1 aliphatic rings. The van der Waals surface area contributed by atoms with Crippen molar-refractivity contribution in [3.05, 3.63) is 0 Å². The van der Waals surface area contributed by atoms with Gasteiger partial charge in [0.1, 0.15) is 0 Å². The number of rotatable bonds is 10. The minimum Gasteiger partial charge on any atom is -0.373 e. The molecule has 0 saturated carbocycles. The largest absolute Gasteiger partial charge is 0.373 e. The van der Waals surface area contributed by atoms with Gasteiger partial charge in [0, 0.05) is 4.87 Å². The summed E-state index contributed by atoms with van der Waals surface area (Å²) in [6, 6.07) is 0. The summed E-state index contributed by atoms with van der Waals surface area (Å²) >= 11 is 6.48. The molecule has 0 aromatic carbocycles. The summed E-state index contributed by atoms with van der Waals surface area (Å²) in [5.74, 6) is 0.614. The lowest BCUT2D eigenvalue weighted by Crippen LogP contribution is -2.26. The first-order valence-corrected chi connectivity index (χ1v) is 7.72. The van der Waals surface area contributed by atoms with E-state index in [1.165, 1.54) is 44.9 Å². The molecule has 2 atom stereocenters. The Kier molecular flexibility index (Phi) is 6.87. The normalized spacial score (nSPS) is 21.5. The van der Waals surface area contributed by atoms with Crippen LogP contribution in [0.2, 0.25) is 0 Å². The number of epoxide rings is 1. The maximum Gasteiger partial charge on any atom is 0.0813 e. The van der Waals surface area contributed by atoms with E-state index in [9.17, 15) is 0 Å². The van der Waals surface area contributed by atoms with Gasteiger partial charge < -0.3 is 4.74 Å². The molecular formula is C15H29ClO. The predicted molar refractivity (Wildman–Crippen MR) is 75.8 cm³/mol. The van der Waals surface area contributed by atoms with E-state index < -0.39 is 0 Å². The summed E-state index contributed by atoms with van der Waals surface area (Å²) in [4.78, 5) is -0.0740. The lowest BCUT2D eigenvalue weighted by atomic mass is 9.85. The minimum absolute atomic E-state index is 0.0740. The van der Waals surface area contributed by atoms with Crippen LogP contribution in [-0.2, 0) is 4.74 Å². The molecule has 1 fully saturated rings. The average Bonchev–Trinajstić information content (AvgIpc) is 3.03. The van der Waals surface area contributed by atoms with Gasteiger partial charge in [-0.3, -0.25) is 0 Å². The third kappa shape index (κ3) is 7.31. The minimum atomic E-state index is -0.0740. The highest BCUT2D eigenvalue weighted by atomic mass is 35.5. The van der Waals surface area contributed by atoms with Crippen molar-refractivity contribution in [1.82, 2.24) is 0 Å². The van der Waals surface area contributed by atoms with Gasteiger partial charge in [-0.1, -0.05) is 45.4 Å². The summed E-state index contributed by atoms with van der Waals surface area (Å²) in [6.45, 7) is 7.53. The molecule has 0 amide bonds. The van der Waals surface area contributed by atoms with E-state index in [0.717, 1.165) is 13.0 Å². The number of halogens is 1. The van der Waals surface area contributed by atoms with E-state index in [1.54, 1.807) is 0 Å². The molecule has 0 spiro atoms. The Morgan fingerprint density at radius 2 is 1.76 bits per heavy atom. The van der Waals surface area contributed by atoms with Crippen molar-refractivity contribution >= 4 is 11.6 Å². The second-order valence-electron chi connectivity index (χ2n) is 6.01. The molecule has 1 rings (SSSR count). The van der Waals surface area contributed by atoms with Gasteiger partial charge in [0.25, 0.3) is 0 Å². The molecule has 0 aliphatic carbocycles. The zero-order chi connectivity index (χ0) is 12.7. The number of hydrogen-bond acceptors (Lipinski definition) is 1. The Bertz CT molecular complexity index is 194. The molecule has 1 nitrogen and oxygen atoms in total. The fourth-order valence-electron chi connectivity index (χ4n) is 2.43. The zero-order valence-electron chi connectivity index (χ0n) is 11.8. The highest BCUT2D eigenvalue weighted by molar-refractivity contribution is 6.23. The van der Waals surface area contributed by atoms with Gasteiger partial charge >= 0.3 is 0 Å². The molecule has 0 bridgehead atoms. The van der Waals surface area contributed by atoms with Gasteiger partial charge in [-0.25, -0.2) is 0 Å². The van der Waals surface area contributed by atoms with Crippen LogP contribution < -0.4 is 0 Å². The smallest absolute Gasteiger partial charge is 0.0813 e. The molecule has 0 N–H and O–H groups in total. The van der Waals surface area contributed by atoms with Crippen LogP contribution in [-0.4, -0.2) is 17.6 Å². The number of hydrogen-bond donors (Lipinski definition) is 0. The van der Waals surface area contributed by atoms with Crippen molar-refractivity contribution < 1.29 is 4.74 Å². The van der Waals surface area contributed by atoms with E-state index in [2.05, 4.69) is 20.8 Å². The third-order valence-electron chi connectivity index (χ3n) is 3.83. The van der Waals surface area contributed by atoms with Crippen molar-refractivity contribution in [3.63, 3.8) is 0 Å². The molecule has 1 heterocycles. The third-order valence-corrected chi connectivity index (χ3v) is 4.14. The fraction of sp³-hybridized carbons (Fsp3) is 1.00. The van der Waals surface area contributed by atoms with E-state index >= 15 is 0 Å². The van der Waals surface area contributed by atoms with Crippen LogP contribution in [0.4, 0.5) is 0 Å². The van der Waals surface area contributed by atoms with Gasteiger partial charge in [-0.15, -0.1) is 11.6 Å². The van der Waals surface area contributed by atoms with Crippen LogP contribution in [0.25, 0.3) is 0 Å². The van der Waals surface area contributed by atoms with Crippen LogP contribution in [0.15, 0.2) is 0 Å². The summed E-state index contributed by atoms with van der Waals surface area (Å²) in [6.07, 6.45) is 11.1. The monoisotopic (exact) mass is 260 g/mol. The maximum absolute atomic E-state index is 6.48. The summed E-state index contributed by atoms with van der Waals surface area (Å²) < 4.78 is 5.33. The molecule has 17 heavy (non-hydrogen) atoms. The van der Waals surface area contributed by atoms with Crippen molar-refractivity contribution in [2.24, 2.45) is 5.92 Å². The molecule has 0 aromatic rings. The highest BCUT2D eigenvalue weighted by Gasteiger charge is 2.33. The summed E-state index contributed by atoms with van der Waals surface area (Å²) in [5, 5.41) is 0. The van der Waals surface area contributed by atoms with Gasteiger partial charge in [-0.2, -0.15) is 0 Å². The second kappa shape index (κ2) is 7.63. The molecule has 0 radical (unpaired) electrons. The Balaban J connectivity index is 2.10. The standard InChI is InChI=1S/C15H29ClO/c1-4-5-6-7-8-9-10-13(15(2,3)16)11-14-12-17-14/h13-14H,4-12H2,1-3H3. The van der Waals surface area contributed by atoms with Crippen LogP contribution in [0.3, 0.4) is 0 Å². The molecule has 2 unspecified atom stereocenters. The fourth-order valence-corrected chi connectivity index (χ4v) is 2.63. The Morgan fingerprint density at radius 1 is 1.18 bits per heavy atom. The van der Waals surface area contributed by atoms with E-state index in [4.69, 9.17) is 16.3 Å². The second-order valence-corrected chi connectivity index (χ2v) is 6.98. The van der Waals surface area contributed by atoms with Gasteiger partial charge in [-0.05, 0) is 32.6 Å². The number of ether oxygens (including phenoxy) is 1. The first-order chi connectivity index (χ1) is 8.04. The molecule has 1 saturated heterocycles. The molecule has 1 aliphatic heterocycles. The van der Waals surface area contributed by atoms with E-state index in [0.29, 0.717) is 12.0 Å². The Labute approximate surface area is 112 Å².